The summed E-state index contributed by atoms with van der Waals surface area (Å²) in [5.74, 6) is -0.411. The van der Waals surface area contributed by atoms with Gasteiger partial charge < -0.3 is 5.32 Å². The predicted octanol–water partition coefficient (Wildman–Crippen LogP) is 5.27. The van der Waals surface area contributed by atoms with E-state index in [2.05, 4.69) is 5.32 Å². The molecule has 3 rings (SSSR count). The van der Waals surface area contributed by atoms with Crippen LogP contribution in [0.5, 0.6) is 0 Å². The van der Waals surface area contributed by atoms with E-state index in [1.54, 1.807) is 42.5 Å². The Balaban J connectivity index is 1.94. The molecule has 0 aliphatic rings. The molecule has 0 aliphatic heterocycles. The van der Waals surface area contributed by atoms with Gasteiger partial charge in [0.1, 0.15) is 6.54 Å². The highest BCUT2D eigenvalue weighted by Crippen LogP contribution is 2.27. The molecule has 0 fully saturated rings. The zero-order valence-electron chi connectivity index (χ0n) is 17.5. The molecule has 0 saturated heterocycles. The lowest BCUT2D eigenvalue weighted by Gasteiger charge is -2.24. The molecule has 5 nitrogen and oxygen atoms in total. The molecule has 0 heterocycles. The minimum Gasteiger partial charge on any atom is -0.323 e. The summed E-state index contributed by atoms with van der Waals surface area (Å²) in [5.41, 5.74) is 2.10. The standard InChI is InChI=1S/C23H24N2O3S3/c1-17-8-10-18(11-9-17)25(31(27,28)20-14-12-19(29-2)13-15-20)16-23(26)24-21-6-4-5-7-22(21)30-3/h4-15H,16H2,1-3H3,(H,24,26). The predicted molar refractivity (Wildman–Crippen MR) is 131 cm³/mol. The van der Waals surface area contributed by atoms with E-state index in [9.17, 15) is 13.2 Å². The summed E-state index contributed by atoms with van der Waals surface area (Å²) in [6.07, 6.45) is 3.85. The van der Waals surface area contributed by atoms with Crippen LogP contribution in [0.3, 0.4) is 0 Å². The number of nitrogens with one attached hydrogen (secondary N) is 1. The van der Waals surface area contributed by atoms with Crippen molar-refractivity contribution in [3.8, 4) is 0 Å². The number of benzene rings is 3. The molecule has 0 spiro atoms. The number of sulfonamides is 1. The zero-order valence-corrected chi connectivity index (χ0v) is 20.0. The van der Waals surface area contributed by atoms with Crippen LogP contribution in [0.4, 0.5) is 11.4 Å². The molecule has 0 unspecified atom stereocenters. The highest BCUT2D eigenvalue weighted by atomic mass is 32.2. The molecule has 31 heavy (non-hydrogen) atoms. The van der Waals surface area contributed by atoms with Crippen LogP contribution in [0.2, 0.25) is 0 Å². The summed E-state index contributed by atoms with van der Waals surface area (Å²) in [4.78, 5) is 14.9. The smallest absolute Gasteiger partial charge is 0.264 e. The van der Waals surface area contributed by atoms with E-state index in [0.717, 1.165) is 19.7 Å². The van der Waals surface area contributed by atoms with E-state index in [0.29, 0.717) is 11.4 Å². The highest BCUT2D eigenvalue weighted by Gasteiger charge is 2.27. The Hall–Kier alpha value is -2.42. The van der Waals surface area contributed by atoms with E-state index in [-0.39, 0.29) is 11.4 Å². The average molecular weight is 473 g/mol. The number of rotatable bonds is 8. The normalized spacial score (nSPS) is 11.2. The molecule has 0 bridgehead atoms. The van der Waals surface area contributed by atoms with Gasteiger partial charge in [0, 0.05) is 9.79 Å². The molecule has 0 atom stereocenters. The molecule has 8 heteroatoms. The van der Waals surface area contributed by atoms with Gasteiger partial charge in [0.25, 0.3) is 10.0 Å². The Morgan fingerprint density at radius 2 is 1.55 bits per heavy atom. The van der Waals surface area contributed by atoms with Crippen molar-refractivity contribution in [2.75, 3.05) is 28.7 Å². The van der Waals surface area contributed by atoms with Crippen LogP contribution in [0.25, 0.3) is 0 Å². The van der Waals surface area contributed by atoms with Crippen molar-refractivity contribution in [1.29, 1.82) is 0 Å². The van der Waals surface area contributed by atoms with Crippen molar-refractivity contribution in [3.05, 3.63) is 78.4 Å². The maximum Gasteiger partial charge on any atom is 0.264 e. The van der Waals surface area contributed by atoms with Crippen molar-refractivity contribution >= 4 is 50.8 Å². The first kappa shape index (κ1) is 23.2. The molecule has 1 amide bonds. The SMILES string of the molecule is CSc1ccc(S(=O)(=O)N(CC(=O)Nc2ccccc2SC)c2ccc(C)cc2)cc1. The van der Waals surface area contributed by atoms with Crippen LogP contribution in [0, 0.1) is 6.92 Å². The van der Waals surface area contributed by atoms with Gasteiger partial charge >= 0.3 is 0 Å². The summed E-state index contributed by atoms with van der Waals surface area (Å²) in [5, 5.41) is 2.85. The van der Waals surface area contributed by atoms with E-state index < -0.39 is 15.9 Å². The van der Waals surface area contributed by atoms with Crippen molar-refractivity contribution < 1.29 is 13.2 Å². The molecule has 3 aromatic rings. The summed E-state index contributed by atoms with van der Waals surface area (Å²) in [7, 11) is -3.94. The summed E-state index contributed by atoms with van der Waals surface area (Å²) >= 11 is 3.05. The number of carbonyl (C=O) groups excluding carboxylic acids is 1. The van der Waals surface area contributed by atoms with E-state index in [1.165, 1.54) is 23.5 Å². The first-order valence-corrected chi connectivity index (χ1v) is 13.4. The fraction of sp³-hybridized carbons (Fsp3) is 0.174. The van der Waals surface area contributed by atoms with Gasteiger partial charge in [-0.05, 0) is 68.0 Å². The molecule has 3 aromatic carbocycles. The molecule has 0 aromatic heterocycles. The van der Waals surface area contributed by atoms with Gasteiger partial charge in [-0.1, -0.05) is 29.8 Å². The van der Waals surface area contributed by atoms with Crippen LogP contribution in [0.1, 0.15) is 5.56 Å². The van der Waals surface area contributed by atoms with Gasteiger partial charge in [-0.3, -0.25) is 9.10 Å². The van der Waals surface area contributed by atoms with Gasteiger partial charge in [0.2, 0.25) is 5.91 Å². The number of hydrogen-bond donors (Lipinski definition) is 1. The fourth-order valence-electron chi connectivity index (χ4n) is 2.97. The monoisotopic (exact) mass is 472 g/mol. The van der Waals surface area contributed by atoms with Crippen molar-refractivity contribution in [2.24, 2.45) is 0 Å². The molecular formula is C23H24N2O3S3. The minimum absolute atomic E-state index is 0.142. The first-order valence-electron chi connectivity index (χ1n) is 9.51. The van der Waals surface area contributed by atoms with Crippen LogP contribution in [0.15, 0.2) is 87.5 Å². The van der Waals surface area contributed by atoms with Gasteiger partial charge in [0.15, 0.2) is 0 Å². The van der Waals surface area contributed by atoms with Gasteiger partial charge in [0.05, 0.1) is 16.3 Å². The highest BCUT2D eigenvalue weighted by molar-refractivity contribution is 7.99. The number of hydrogen-bond acceptors (Lipinski definition) is 5. The summed E-state index contributed by atoms with van der Waals surface area (Å²) < 4.78 is 28.1. The second-order valence-corrected chi connectivity index (χ2v) is 10.4. The third-order valence-corrected chi connectivity index (χ3v) is 7.97. The third kappa shape index (κ3) is 5.64. The Morgan fingerprint density at radius 3 is 2.16 bits per heavy atom. The van der Waals surface area contributed by atoms with Crippen molar-refractivity contribution in [1.82, 2.24) is 0 Å². The van der Waals surface area contributed by atoms with Crippen LogP contribution in [-0.2, 0) is 14.8 Å². The quantitative estimate of drug-likeness (QED) is 0.452. The topological polar surface area (TPSA) is 66.5 Å². The Labute approximate surface area is 192 Å². The van der Waals surface area contributed by atoms with Gasteiger partial charge in [-0.2, -0.15) is 0 Å². The Bertz CT molecular complexity index is 1150. The largest absolute Gasteiger partial charge is 0.323 e. The molecule has 162 valence electrons. The van der Waals surface area contributed by atoms with Crippen LogP contribution >= 0.6 is 23.5 Å². The average Bonchev–Trinajstić information content (AvgIpc) is 2.78. The number of carbonyl (C=O) groups is 1. The van der Waals surface area contributed by atoms with Gasteiger partial charge in [-0.25, -0.2) is 8.42 Å². The van der Waals surface area contributed by atoms with Crippen molar-refractivity contribution in [3.63, 3.8) is 0 Å². The lowest BCUT2D eigenvalue weighted by Crippen LogP contribution is -2.38. The number of para-hydroxylation sites is 1. The minimum atomic E-state index is -3.94. The number of anilines is 2. The number of nitrogens with zero attached hydrogens (tertiary/aromatic N) is 1. The maximum absolute atomic E-state index is 13.5. The number of thioether (sulfide) groups is 2. The number of aryl methyl sites for hydroxylation is 1. The summed E-state index contributed by atoms with van der Waals surface area (Å²) in [6, 6.07) is 21.2. The fourth-order valence-corrected chi connectivity index (χ4v) is 5.35. The van der Waals surface area contributed by atoms with E-state index in [1.807, 2.05) is 49.8 Å². The van der Waals surface area contributed by atoms with Crippen LogP contribution < -0.4 is 9.62 Å². The van der Waals surface area contributed by atoms with Crippen molar-refractivity contribution in [2.45, 2.75) is 21.6 Å². The lowest BCUT2D eigenvalue weighted by atomic mass is 10.2. The second kappa shape index (κ2) is 10.3. The van der Waals surface area contributed by atoms with E-state index >= 15 is 0 Å². The molecule has 0 radical (unpaired) electrons. The molecule has 1 N–H and O–H groups in total. The summed E-state index contributed by atoms with van der Waals surface area (Å²) in [6.45, 7) is 1.59. The zero-order chi connectivity index (χ0) is 22.4. The van der Waals surface area contributed by atoms with Crippen LogP contribution in [-0.4, -0.2) is 33.4 Å². The molecule has 0 saturated carbocycles. The Morgan fingerprint density at radius 1 is 0.903 bits per heavy atom. The second-order valence-electron chi connectivity index (χ2n) is 6.77. The van der Waals surface area contributed by atoms with E-state index in [4.69, 9.17) is 0 Å². The third-order valence-electron chi connectivity index (χ3n) is 4.64. The first-order chi connectivity index (χ1) is 14.8. The Kier molecular flexibility index (Phi) is 7.69. The maximum atomic E-state index is 13.5. The number of amides is 1. The lowest BCUT2D eigenvalue weighted by molar-refractivity contribution is -0.114. The van der Waals surface area contributed by atoms with Gasteiger partial charge in [-0.15, -0.1) is 23.5 Å². The molecular weight excluding hydrogens is 448 g/mol. The molecule has 0 aliphatic carbocycles.